The fourth-order valence-electron chi connectivity index (χ4n) is 1.82. The van der Waals surface area contributed by atoms with Crippen LogP contribution in [0.4, 0.5) is 0 Å². The number of hydrogen-bond acceptors (Lipinski definition) is 5. The lowest BCUT2D eigenvalue weighted by Crippen LogP contribution is -2.43. The molecule has 1 N–H and O–H groups in total. The van der Waals surface area contributed by atoms with Gasteiger partial charge in [-0.25, -0.2) is 4.79 Å². The maximum atomic E-state index is 11.4. The molecule has 2 aliphatic rings. The maximum Gasteiger partial charge on any atom is 0.356 e. The van der Waals surface area contributed by atoms with Crippen molar-refractivity contribution < 1.29 is 14.4 Å². The van der Waals surface area contributed by atoms with Crippen LogP contribution >= 0.6 is 0 Å². The summed E-state index contributed by atoms with van der Waals surface area (Å²) in [6.07, 6.45) is 0.965. The standard InChI is InChI=1S/C9H14N2O3/c1-2-13-9(12)8-6-5-10-4-3-7(6)14-11-8/h6-7,10H,2-5H2,1H3. The monoisotopic (exact) mass is 198 g/mol. The summed E-state index contributed by atoms with van der Waals surface area (Å²) in [5, 5.41) is 7.02. The third-order valence-corrected chi connectivity index (χ3v) is 2.54. The number of carbonyl (C=O) groups is 1. The molecule has 0 aromatic heterocycles. The third kappa shape index (κ3) is 1.59. The predicted molar refractivity (Wildman–Crippen MR) is 49.9 cm³/mol. The van der Waals surface area contributed by atoms with Crippen LogP contribution in [-0.2, 0) is 14.4 Å². The molecule has 5 nitrogen and oxygen atoms in total. The van der Waals surface area contributed by atoms with Crippen molar-refractivity contribution in [2.75, 3.05) is 19.7 Å². The highest BCUT2D eigenvalue weighted by molar-refractivity contribution is 6.37. The van der Waals surface area contributed by atoms with Gasteiger partial charge in [-0.1, -0.05) is 5.16 Å². The molecule has 1 fully saturated rings. The van der Waals surface area contributed by atoms with E-state index in [9.17, 15) is 4.79 Å². The van der Waals surface area contributed by atoms with E-state index in [0.29, 0.717) is 12.3 Å². The minimum Gasteiger partial charge on any atom is -0.461 e. The highest BCUT2D eigenvalue weighted by Crippen LogP contribution is 2.23. The van der Waals surface area contributed by atoms with E-state index in [4.69, 9.17) is 9.57 Å². The number of ether oxygens (including phenoxy) is 1. The number of oxime groups is 1. The van der Waals surface area contributed by atoms with Crippen molar-refractivity contribution in [3.63, 3.8) is 0 Å². The molecule has 0 saturated carbocycles. The van der Waals surface area contributed by atoms with Crippen LogP contribution in [0.15, 0.2) is 5.16 Å². The molecule has 1 saturated heterocycles. The van der Waals surface area contributed by atoms with E-state index in [1.807, 2.05) is 0 Å². The molecule has 0 bridgehead atoms. The van der Waals surface area contributed by atoms with Crippen LogP contribution in [0.3, 0.4) is 0 Å². The Hall–Kier alpha value is -1.10. The smallest absolute Gasteiger partial charge is 0.356 e. The quantitative estimate of drug-likeness (QED) is 0.630. The summed E-state index contributed by atoms with van der Waals surface area (Å²) in [5.41, 5.74) is 0.434. The molecule has 0 aromatic carbocycles. The second-order valence-electron chi connectivity index (χ2n) is 3.44. The maximum absolute atomic E-state index is 11.4. The van der Waals surface area contributed by atoms with E-state index in [-0.39, 0.29) is 18.0 Å². The first-order chi connectivity index (χ1) is 6.83. The first kappa shape index (κ1) is 9.45. The van der Waals surface area contributed by atoms with Crippen LogP contribution in [0.25, 0.3) is 0 Å². The fourth-order valence-corrected chi connectivity index (χ4v) is 1.82. The molecule has 2 aliphatic heterocycles. The van der Waals surface area contributed by atoms with Crippen LogP contribution in [0.2, 0.25) is 0 Å². The van der Waals surface area contributed by atoms with Crippen LogP contribution in [-0.4, -0.2) is 37.5 Å². The van der Waals surface area contributed by atoms with E-state index in [2.05, 4.69) is 10.5 Å². The predicted octanol–water partition coefficient (Wildman–Crippen LogP) is -0.0862. The zero-order valence-corrected chi connectivity index (χ0v) is 8.16. The molecule has 0 amide bonds. The van der Waals surface area contributed by atoms with Crippen molar-refractivity contribution in [1.29, 1.82) is 0 Å². The highest BCUT2D eigenvalue weighted by Gasteiger charge is 2.40. The molecule has 14 heavy (non-hydrogen) atoms. The minimum absolute atomic E-state index is 0.0654. The number of fused-ring (bicyclic) bond motifs is 1. The highest BCUT2D eigenvalue weighted by atomic mass is 16.6. The Morgan fingerprint density at radius 1 is 1.79 bits per heavy atom. The van der Waals surface area contributed by atoms with E-state index < -0.39 is 0 Å². The average Bonchev–Trinajstić information content (AvgIpc) is 2.61. The minimum atomic E-state index is -0.344. The molecule has 2 heterocycles. The molecule has 78 valence electrons. The van der Waals surface area contributed by atoms with Gasteiger partial charge in [-0.2, -0.15) is 0 Å². The zero-order valence-electron chi connectivity index (χ0n) is 8.16. The van der Waals surface area contributed by atoms with E-state index >= 15 is 0 Å². The van der Waals surface area contributed by atoms with Gasteiger partial charge in [0.1, 0.15) is 6.10 Å². The van der Waals surface area contributed by atoms with Gasteiger partial charge >= 0.3 is 5.97 Å². The van der Waals surface area contributed by atoms with Gasteiger partial charge in [-0.05, 0) is 13.5 Å². The normalized spacial score (nSPS) is 30.2. The number of nitrogens with zero attached hydrogens (tertiary/aromatic N) is 1. The lowest BCUT2D eigenvalue weighted by atomic mass is 9.92. The Labute approximate surface area is 82.4 Å². The fraction of sp³-hybridized carbons (Fsp3) is 0.778. The summed E-state index contributed by atoms with van der Waals surface area (Å²) < 4.78 is 4.90. The number of carbonyl (C=O) groups excluding carboxylic acids is 1. The van der Waals surface area contributed by atoms with Crippen LogP contribution in [0.5, 0.6) is 0 Å². The number of nitrogens with one attached hydrogen (secondary N) is 1. The molecule has 5 heteroatoms. The zero-order chi connectivity index (χ0) is 9.97. The Morgan fingerprint density at radius 2 is 2.64 bits per heavy atom. The number of rotatable bonds is 2. The van der Waals surface area contributed by atoms with Gasteiger partial charge < -0.3 is 14.9 Å². The first-order valence-electron chi connectivity index (χ1n) is 4.94. The second kappa shape index (κ2) is 3.96. The molecule has 2 rings (SSSR count). The summed E-state index contributed by atoms with van der Waals surface area (Å²) in [6, 6.07) is 0. The molecule has 2 unspecified atom stereocenters. The van der Waals surface area contributed by atoms with Crippen molar-refractivity contribution in [1.82, 2.24) is 5.32 Å². The van der Waals surface area contributed by atoms with Gasteiger partial charge in [0.25, 0.3) is 0 Å². The molecular weight excluding hydrogens is 184 g/mol. The Bertz CT molecular complexity index is 265. The Balaban J connectivity index is 2.02. The topological polar surface area (TPSA) is 59.9 Å². The lowest BCUT2D eigenvalue weighted by molar-refractivity contribution is -0.135. The number of hydrogen-bond donors (Lipinski definition) is 1. The molecule has 0 radical (unpaired) electrons. The number of esters is 1. The van der Waals surface area contributed by atoms with Crippen molar-refractivity contribution in [3.05, 3.63) is 0 Å². The Kier molecular flexibility index (Phi) is 2.67. The summed E-state index contributed by atoms with van der Waals surface area (Å²) in [5.74, 6) is -0.272. The van der Waals surface area contributed by atoms with Crippen molar-refractivity contribution in [2.45, 2.75) is 19.4 Å². The summed E-state index contributed by atoms with van der Waals surface area (Å²) in [4.78, 5) is 16.6. The van der Waals surface area contributed by atoms with Gasteiger partial charge in [0, 0.05) is 13.0 Å². The molecular formula is C9H14N2O3. The second-order valence-corrected chi connectivity index (χ2v) is 3.44. The summed E-state index contributed by atoms with van der Waals surface area (Å²) in [7, 11) is 0. The third-order valence-electron chi connectivity index (χ3n) is 2.54. The Morgan fingerprint density at radius 3 is 3.43 bits per heavy atom. The summed E-state index contributed by atoms with van der Waals surface area (Å²) in [6.45, 7) is 3.84. The van der Waals surface area contributed by atoms with Crippen LogP contribution in [0.1, 0.15) is 13.3 Å². The lowest BCUT2D eigenvalue weighted by Gasteiger charge is -2.23. The van der Waals surface area contributed by atoms with Gasteiger partial charge in [0.2, 0.25) is 0 Å². The van der Waals surface area contributed by atoms with Gasteiger partial charge in [0.05, 0.1) is 12.5 Å². The van der Waals surface area contributed by atoms with E-state index in [0.717, 1.165) is 19.5 Å². The van der Waals surface area contributed by atoms with Crippen molar-refractivity contribution in [2.24, 2.45) is 11.1 Å². The molecule has 0 aliphatic carbocycles. The number of piperidine rings is 1. The van der Waals surface area contributed by atoms with Crippen LogP contribution < -0.4 is 5.32 Å². The van der Waals surface area contributed by atoms with Gasteiger partial charge in [-0.15, -0.1) is 0 Å². The van der Waals surface area contributed by atoms with E-state index in [1.165, 1.54) is 0 Å². The van der Waals surface area contributed by atoms with E-state index in [1.54, 1.807) is 6.92 Å². The van der Waals surface area contributed by atoms with Crippen molar-refractivity contribution in [3.8, 4) is 0 Å². The molecule has 2 atom stereocenters. The molecule has 0 spiro atoms. The summed E-state index contributed by atoms with van der Waals surface area (Å²) >= 11 is 0. The largest absolute Gasteiger partial charge is 0.461 e. The first-order valence-corrected chi connectivity index (χ1v) is 4.94. The van der Waals surface area contributed by atoms with Gasteiger partial charge in [-0.3, -0.25) is 0 Å². The van der Waals surface area contributed by atoms with Crippen LogP contribution in [0, 0.1) is 5.92 Å². The van der Waals surface area contributed by atoms with Crippen molar-refractivity contribution >= 4 is 11.7 Å². The SMILES string of the molecule is CCOC(=O)C1=NOC2CCNCC12. The average molecular weight is 198 g/mol. The molecule has 0 aromatic rings. The van der Waals surface area contributed by atoms with Gasteiger partial charge in [0.15, 0.2) is 5.71 Å².